The lowest BCUT2D eigenvalue weighted by molar-refractivity contribution is 0.140. The lowest BCUT2D eigenvalue weighted by Gasteiger charge is -2.05. The highest BCUT2D eigenvalue weighted by Gasteiger charge is 2.00. The molecule has 0 atom stereocenters. The van der Waals surface area contributed by atoms with Crippen molar-refractivity contribution < 1.29 is 9.53 Å². The van der Waals surface area contributed by atoms with Gasteiger partial charge in [-0.3, -0.25) is 4.98 Å². The summed E-state index contributed by atoms with van der Waals surface area (Å²) in [5, 5.41) is 3.21. The van der Waals surface area contributed by atoms with Gasteiger partial charge in [-0.05, 0) is 11.6 Å². The minimum Gasteiger partial charge on any atom is -0.445 e. The van der Waals surface area contributed by atoms with Gasteiger partial charge in [0.15, 0.2) is 0 Å². The van der Waals surface area contributed by atoms with Crippen molar-refractivity contribution in [3.8, 4) is 11.8 Å². The number of halogens is 1. The van der Waals surface area contributed by atoms with E-state index in [2.05, 4.69) is 22.1 Å². The van der Waals surface area contributed by atoms with Gasteiger partial charge in [-0.25, -0.2) is 4.79 Å². The highest BCUT2D eigenvalue weighted by atomic mass is 35.5. The molecule has 0 unspecified atom stereocenters. The largest absolute Gasteiger partial charge is 0.445 e. The summed E-state index contributed by atoms with van der Waals surface area (Å²) in [5.74, 6) is 5.83. The number of carbonyl (C=O) groups is 1. The zero-order valence-electron chi connectivity index (χ0n) is 11.9. The summed E-state index contributed by atoms with van der Waals surface area (Å²) in [6.45, 7) is 0.669. The first-order valence-electron chi connectivity index (χ1n) is 6.78. The Morgan fingerprint density at radius 3 is 2.86 bits per heavy atom. The molecular weight excluding hydrogens is 300 g/mol. The number of carbonyl (C=O) groups excluding carboxylic acids is 1. The molecule has 0 radical (unpaired) electrons. The molecule has 0 bridgehead atoms. The van der Waals surface area contributed by atoms with Crippen LogP contribution < -0.4 is 5.32 Å². The highest BCUT2D eigenvalue weighted by Crippen LogP contribution is 2.11. The number of nitrogens with one attached hydrogen (secondary N) is 1. The van der Waals surface area contributed by atoms with E-state index < -0.39 is 6.09 Å². The molecule has 0 saturated carbocycles. The fraction of sp³-hybridized carbons (Fsp3) is 0.176. The molecule has 4 nitrogen and oxygen atoms in total. The van der Waals surface area contributed by atoms with Crippen molar-refractivity contribution in [3.63, 3.8) is 0 Å². The lowest BCUT2D eigenvalue weighted by Crippen LogP contribution is -2.24. The molecule has 2 rings (SSSR count). The van der Waals surface area contributed by atoms with Gasteiger partial charge in [0.1, 0.15) is 6.61 Å². The normalized spacial score (nSPS) is 9.50. The molecule has 0 fully saturated rings. The molecule has 1 heterocycles. The summed E-state index contributed by atoms with van der Waals surface area (Å²) in [6.07, 6.45) is 3.27. The van der Waals surface area contributed by atoms with Gasteiger partial charge >= 0.3 is 6.09 Å². The van der Waals surface area contributed by atoms with E-state index in [9.17, 15) is 4.79 Å². The second-order valence-corrected chi connectivity index (χ2v) is 4.80. The minimum absolute atomic E-state index is 0.254. The van der Waals surface area contributed by atoms with Gasteiger partial charge < -0.3 is 10.1 Å². The molecule has 0 aliphatic rings. The van der Waals surface area contributed by atoms with Crippen molar-refractivity contribution in [2.24, 2.45) is 0 Å². The van der Waals surface area contributed by atoms with Gasteiger partial charge in [-0.1, -0.05) is 53.8 Å². The molecule has 1 aromatic heterocycles. The lowest BCUT2D eigenvalue weighted by atomic mass is 10.2. The molecule has 1 amide bonds. The van der Waals surface area contributed by atoms with E-state index in [1.165, 1.54) is 0 Å². The number of ether oxygens (including phenoxy) is 1. The molecule has 0 aliphatic heterocycles. The van der Waals surface area contributed by atoms with E-state index in [0.29, 0.717) is 23.6 Å². The zero-order valence-corrected chi connectivity index (χ0v) is 12.6. The summed E-state index contributed by atoms with van der Waals surface area (Å²) in [6, 6.07) is 11.2. The predicted octanol–water partition coefficient (Wildman–Crippen LogP) is 3.40. The van der Waals surface area contributed by atoms with E-state index >= 15 is 0 Å². The number of rotatable bonds is 4. The molecule has 0 aliphatic carbocycles. The van der Waals surface area contributed by atoms with E-state index in [0.717, 1.165) is 5.56 Å². The third kappa shape index (κ3) is 5.47. The number of pyridine rings is 1. The van der Waals surface area contributed by atoms with Crippen molar-refractivity contribution >= 4 is 17.7 Å². The molecule has 0 saturated heterocycles. The number of alkyl carbamates (subject to hydrolysis) is 1. The molecule has 0 spiro atoms. The average Bonchev–Trinajstić information content (AvgIpc) is 2.55. The summed E-state index contributed by atoms with van der Waals surface area (Å²) in [5.41, 5.74) is 1.62. The van der Waals surface area contributed by atoms with E-state index in [1.54, 1.807) is 18.5 Å². The van der Waals surface area contributed by atoms with Crippen molar-refractivity contribution in [1.82, 2.24) is 10.3 Å². The number of hydrogen-bond donors (Lipinski definition) is 1. The Bertz CT molecular complexity index is 678. The maximum atomic E-state index is 11.5. The molecule has 22 heavy (non-hydrogen) atoms. The van der Waals surface area contributed by atoms with Gasteiger partial charge in [0.2, 0.25) is 0 Å². The van der Waals surface area contributed by atoms with Crippen LogP contribution in [0.5, 0.6) is 0 Å². The van der Waals surface area contributed by atoms with Crippen LogP contribution in [0.25, 0.3) is 0 Å². The maximum Gasteiger partial charge on any atom is 0.407 e. The van der Waals surface area contributed by atoms with Crippen molar-refractivity contribution in [1.29, 1.82) is 0 Å². The monoisotopic (exact) mass is 314 g/mol. The van der Waals surface area contributed by atoms with Crippen molar-refractivity contribution in [2.45, 2.75) is 13.0 Å². The first-order chi connectivity index (χ1) is 10.8. The number of nitrogens with zero attached hydrogens (tertiary/aromatic N) is 1. The molecule has 2 aromatic rings. The van der Waals surface area contributed by atoms with Gasteiger partial charge in [0, 0.05) is 25.4 Å². The van der Waals surface area contributed by atoms with Crippen LogP contribution in [-0.2, 0) is 11.3 Å². The van der Waals surface area contributed by atoms with Crippen LogP contribution in [0.4, 0.5) is 4.79 Å². The molecule has 1 aromatic carbocycles. The highest BCUT2D eigenvalue weighted by molar-refractivity contribution is 6.31. The van der Waals surface area contributed by atoms with Gasteiger partial charge in [0.05, 0.1) is 10.6 Å². The minimum atomic E-state index is -0.454. The summed E-state index contributed by atoms with van der Waals surface area (Å²) in [7, 11) is 0. The quantitative estimate of drug-likeness (QED) is 0.695. The fourth-order valence-electron chi connectivity index (χ4n) is 1.63. The molecule has 5 heteroatoms. The van der Waals surface area contributed by atoms with Crippen LogP contribution in [0.2, 0.25) is 5.02 Å². The van der Waals surface area contributed by atoms with E-state index in [4.69, 9.17) is 16.3 Å². The van der Waals surface area contributed by atoms with Crippen LogP contribution in [0, 0.1) is 11.8 Å². The van der Waals surface area contributed by atoms with Crippen LogP contribution in [0.3, 0.4) is 0 Å². The zero-order chi connectivity index (χ0) is 15.6. The van der Waals surface area contributed by atoms with Crippen LogP contribution in [-0.4, -0.2) is 17.6 Å². The van der Waals surface area contributed by atoms with Gasteiger partial charge in [-0.15, -0.1) is 0 Å². The summed E-state index contributed by atoms with van der Waals surface area (Å²) < 4.78 is 5.08. The number of benzene rings is 1. The third-order valence-corrected chi connectivity index (χ3v) is 3.05. The Morgan fingerprint density at radius 2 is 2.09 bits per heavy atom. The Hall–Kier alpha value is -2.51. The summed E-state index contributed by atoms with van der Waals surface area (Å²) >= 11 is 5.95. The number of aromatic nitrogens is 1. The Morgan fingerprint density at radius 1 is 1.27 bits per heavy atom. The summed E-state index contributed by atoms with van der Waals surface area (Å²) in [4.78, 5) is 15.4. The Balaban J connectivity index is 1.67. The topological polar surface area (TPSA) is 51.2 Å². The smallest absolute Gasteiger partial charge is 0.407 e. The third-order valence-electron chi connectivity index (χ3n) is 2.72. The predicted molar refractivity (Wildman–Crippen MR) is 85.4 cm³/mol. The first kappa shape index (κ1) is 15.9. The SMILES string of the molecule is O=C(NCCC#Cc1cnccc1Cl)OCc1ccccc1. The number of amides is 1. The average molecular weight is 315 g/mol. The van der Waals surface area contributed by atoms with Crippen LogP contribution in [0.15, 0.2) is 48.8 Å². The van der Waals surface area contributed by atoms with E-state index in [-0.39, 0.29) is 6.61 Å². The second-order valence-electron chi connectivity index (χ2n) is 4.40. The molecular formula is C17H15ClN2O2. The van der Waals surface area contributed by atoms with Crippen molar-refractivity contribution in [3.05, 3.63) is 64.9 Å². The molecule has 1 N–H and O–H groups in total. The van der Waals surface area contributed by atoms with Crippen LogP contribution >= 0.6 is 11.6 Å². The van der Waals surface area contributed by atoms with Crippen molar-refractivity contribution in [2.75, 3.05) is 6.54 Å². The Labute approximate surface area is 134 Å². The van der Waals surface area contributed by atoms with E-state index in [1.807, 2.05) is 30.3 Å². The second kappa shape index (κ2) is 8.71. The fourth-order valence-corrected chi connectivity index (χ4v) is 1.78. The number of hydrogen-bond acceptors (Lipinski definition) is 3. The first-order valence-corrected chi connectivity index (χ1v) is 7.16. The van der Waals surface area contributed by atoms with Crippen LogP contribution in [0.1, 0.15) is 17.5 Å². The molecule has 112 valence electrons. The maximum absolute atomic E-state index is 11.5. The Kier molecular flexibility index (Phi) is 6.28. The van der Waals surface area contributed by atoms with Gasteiger partial charge in [0.25, 0.3) is 0 Å². The van der Waals surface area contributed by atoms with Gasteiger partial charge in [-0.2, -0.15) is 0 Å². The standard InChI is InChI=1S/C17H15ClN2O2/c18-16-9-11-19-12-15(16)8-4-5-10-20-17(21)22-13-14-6-2-1-3-7-14/h1-3,6-7,9,11-12H,5,10,13H2,(H,20,21).